The van der Waals surface area contributed by atoms with E-state index in [0.717, 1.165) is 22.3 Å². The number of ether oxygens (including phenoxy) is 3. The van der Waals surface area contributed by atoms with Gasteiger partial charge in [0, 0.05) is 19.1 Å². The first kappa shape index (κ1) is 21.1. The van der Waals surface area contributed by atoms with Gasteiger partial charge in [-0.3, -0.25) is 0 Å². The van der Waals surface area contributed by atoms with Gasteiger partial charge < -0.3 is 18.6 Å². The summed E-state index contributed by atoms with van der Waals surface area (Å²) in [5, 5.41) is 0.827. The minimum Gasteiger partial charge on any atom is -0.496 e. The number of rotatable bonds is 6. The fourth-order valence-corrected chi connectivity index (χ4v) is 4.30. The second kappa shape index (κ2) is 8.55. The van der Waals surface area contributed by atoms with Gasteiger partial charge in [0.05, 0.1) is 30.0 Å². The third kappa shape index (κ3) is 3.72. The van der Waals surface area contributed by atoms with Crippen LogP contribution in [-0.4, -0.2) is 31.3 Å². The summed E-state index contributed by atoms with van der Waals surface area (Å²) < 4.78 is 23.5. The van der Waals surface area contributed by atoms with Crippen molar-refractivity contribution in [2.45, 2.75) is 44.8 Å². The zero-order valence-electron chi connectivity index (χ0n) is 18.3. The summed E-state index contributed by atoms with van der Waals surface area (Å²) in [6, 6.07) is 10.9. The Morgan fingerprint density at radius 2 is 2.00 bits per heavy atom. The van der Waals surface area contributed by atoms with Crippen molar-refractivity contribution in [1.29, 1.82) is 0 Å². The van der Waals surface area contributed by atoms with Crippen molar-refractivity contribution in [3.05, 3.63) is 71.1 Å². The van der Waals surface area contributed by atoms with Gasteiger partial charge in [-0.25, -0.2) is 9.78 Å². The Morgan fingerprint density at radius 3 is 2.68 bits per heavy atom. The third-order valence-corrected chi connectivity index (χ3v) is 5.88. The number of pyridine rings is 1. The zero-order chi connectivity index (χ0) is 22.0. The summed E-state index contributed by atoms with van der Waals surface area (Å²) in [5.41, 5.74) is 2.83. The predicted molar refractivity (Wildman–Crippen MR) is 117 cm³/mol. The first-order chi connectivity index (χ1) is 15.0. The Balaban J connectivity index is 1.84. The molecule has 0 aliphatic heterocycles. The monoisotopic (exact) mass is 421 g/mol. The molecule has 2 atom stereocenters. The standard InChI is InChI=1S/C25H27NO5/c1-16(2)12-14-25(29-4)20(31-24(27)17-8-6-5-7-9-17)11-10-18-21(28-3)19-13-15-30-23(19)26-22(18)25/h5-9,12-13,15,20H,10-11,14H2,1-4H3. The number of aromatic nitrogens is 1. The van der Waals surface area contributed by atoms with Crippen LogP contribution in [0.1, 0.15) is 48.3 Å². The molecule has 0 saturated carbocycles. The van der Waals surface area contributed by atoms with E-state index in [4.69, 9.17) is 23.6 Å². The molecule has 1 aromatic carbocycles. The van der Waals surface area contributed by atoms with E-state index in [1.165, 1.54) is 0 Å². The van der Waals surface area contributed by atoms with Gasteiger partial charge in [0.25, 0.3) is 0 Å². The largest absolute Gasteiger partial charge is 0.496 e. The Labute approximate surface area is 181 Å². The van der Waals surface area contributed by atoms with Gasteiger partial charge in [0.1, 0.15) is 11.9 Å². The predicted octanol–water partition coefficient (Wildman–Crippen LogP) is 5.21. The first-order valence-electron chi connectivity index (χ1n) is 10.4. The number of carbonyl (C=O) groups is 1. The second-order valence-electron chi connectivity index (χ2n) is 7.99. The quantitative estimate of drug-likeness (QED) is 0.402. The Hall–Kier alpha value is -3.12. The van der Waals surface area contributed by atoms with Crippen molar-refractivity contribution in [2.75, 3.05) is 14.2 Å². The number of fused-ring (bicyclic) bond motifs is 2. The maximum absolute atomic E-state index is 12.9. The molecule has 31 heavy (non-hydrogen) atoms. The molecule has 4 rings (SSSR count). The number of nitrogens with zero attached hydrogens (tertiary/aromatic N) is 1. The molecule has 0 saturated heterocycles. The number of furan rings is 1. The van der Waals surface area contributed by atoms with Crippen molar-refractivity contribution >= 4 is 17.1 Å². The van der Waals surface area contributed by atoms with Crippen LogP contribution >= 0.6 is 0 Å². The van der Waals surface area contributed by atoms with E-state index < -0.39 is 11.7 Å². The lowest BCUT2D eigenvalue weighted by Gasteiger charge is -2.42. The average Bonchev–Trinajstić information content (AvgIpc) is 3.26. The zero-order valence-corrected chi connectivity index (χ0v) is 18.3. The summed E-state index contributed by atoms with van der Waals surface area (Å²) >= 11 is 0. The van der Waals surface area contributed by atoms with Crippen LogP contribution in [0.25, 0.3) is 11.1 Å². The molecule has 0 N–H and O–H groups in total. The molecule has 0 fully saturated rings. The number of allylic oxidation sites excluding steroid dienone is 1. The lowest BCUT2D eigenvalue weighted by Crippen LogP contribution is -2.48. The fourth-order valence-electron chi connectivity index (χ4n) is 4.30. The molecule has 0 radical (unpaired) electrons. The van der Waals surface area contributed by atoms with Crippen LogP contribution in [0.5, 0.6) is 5.75 Å². The highest BCUT2D eigenvalue weighted by Gasteiger charge is 2.49. The lowest BCUT2D eigenvalue weighted by molar-refractivity contribution is -0.124. The summed E-state index contributed by atoms with van der Waals surface area (Å²) in [6.07, 6.45) is 4.92. The maximum atomic E-state index is 12.9. The lowest BCUT2D eigenvalue weighted by atomic mass is 9.77. The van der Waals surface area contributed by atoms with Crippen LogP contribution in [0.2, 0.25) is 0 Å². The number of esters is 1. The molecule has 0 amide bonds. The molecule has 2 heterocycles. The maximum Gasteiger partial charge on any atom is 0.338 e. The summed E-state index contributed by atoms with van der Waals surface area (Å²) in [5.74, 6) is 0.360. The highest BCUT2D eigenvalue weighted by molar-refractivity contribution is 5.89. The highest BCUT2D eigenvalue weighted by atomic mass is 16.6. The van der Waals surface area contributed by atoms with Crippen molar-refractivity contribution in [3.63, 3.8) is 0 Å². The Morgan fingerprint density at radius 1 is 1.23 bits per heavy atom. The molecule has 2 unspecified atom stereocenters. The summed E-state index contributed by atoms with van der Waals surface area (Å²) in [6.45, 7) is 4.06. The molecule has 6 heteroatoms. The van der Waals surface area contributed by atoms with Crippen LogP contribution in [0.15, 0.2) is 58.7 Å². The van der Waals surface area contributed by atoms with E-state index >= 15 is 0 Å². The van der Waals surface area contributed by atoms with Gasteiger partial charge in [-0.1, -0.05) is 29.8 Å². The molecule has 0 bridgehead atoms. The molecule has 0 spiro atoms. The van der Waals surface area contributed by atoms with Crippen LogP contribution in [0, 0.1) is 0 Å². The van der Waals surface area contributed by atoms with Gasteiger partial charge in [-0.2, -0.15) is 0 Å². The van der Waals surface area contributed by atoms with Gasteiger partial charge >= 0.3 is 5.97 Å². The van der Waals surface area contributed by atoms with E-state index in [2.05, 4.69) is 6.08 Å². The molecule has 1 aliphatic carbocycles. The smallest absolute Gasteiger partial charge is 0.338 e. The van der Waals surface area contributed by atoms with Crippen LogP contribution < -0.4 is 4.74 Å². The van der Waals surface area contributed by atoms with E-state index in [-0.39, 0.29) is 5.97 Å². The number of hydrogen-bond donors (Lipinski definition) is 0. The Bertz CT molecular complexity index is 1110. The molecule has 162 valence electrons. The van der Waals surface area contributed by atoms with Crippen LogP contribution in [0.3, 0.4) is 0 Å². The number of methoxy groups -OCH3 is 2. The van der Waals surface area contributed by atoms with Crippen molar-refractivity contribution in [1.82, 2.24) is 4.98 Å². The van der Waals surface area contributed by atoms with Crippen LogP contribution in [-0.2, 0) is 21.5 Å². The van der Waals surface area contributed by atoms with E-state index in [1.807, 2.05) is 38.1 Å². The minimum absolute atomic E-state index is 0.376. The van der Waals surface area contributed by atoms with E-state index in [0.29, 0.717) is 36.2 Å². The van der Waals surface area contributed by atoms with Gasteiger partial charge in [-0.15, -0.1) is 0 Å². The third-order valence-electron chi connectivity index (χ3n) is 5.88. The van der Waals surface area contributed by atoms with Gasteiger partial charge in [-0.05, 0) is 44.9 Å². The van der Waals surface area contributed by atoms with Crippen molar-refractivity contribution in [2.24, 2.45) is 0 Å². The minimum atomic E-state index is -0.955. The highest BCUT2D eigenvalue weighted by Crippen LogP contribution is 2.47. The first-order valence-corrected chi connectivity index (χ1v) is 10.4. The molecular formula is C25H27NO5. The molecular weight excluding hydrogens is 394 g/mol. The number of carbonyl (C=O) groups excluding carboxylic acids is 1. The van der Waals surface area contributed by atoms with Crippen molar-refractivity contribution in [3.8, 4) is 5.75 Å². The molecule has 2 aromatic heterocycles. The van der Waals surface area contributed by atoms with Gasteiger partial charge in [0.15, 0.2) is 5.60 Å². The second-order valence-corrected chi connectivity index (χ2v) is 7.99. The fraction of sp³-hybridized carbons (Fsp3) is 0.360. The van der Waals surface area contributed by atoms with Gasteiger partial charge in [0.2, 0.25) is 5.71 Å². The summed E-state index contributed by atoms with van der Waals surface area (Å²) in [7, 11) is 3.28. The summed E-state index contributed by atoms with van der Waals surface area (Å²) in [4.78, 5) is 17.7. The Kier molecular flexibility index (Phi) is 5.83. The normalized spacial score (nSPS) is 20.2. The SMILES string of the molecule is COc1c2c(nc3occc13)C(CC=C(C)C)(OC)C(OC(=O)c1ccccc1)CC2. The van der Waals surface area contributed by atoms with E-state index in [9.17, 15) is 4.79 Å². The number of benzene rings is 1. The van der Waals surface area contributed by atoms with Crippen molar-refractivity contribution < 1.29 is 23.4 Å². The number of hydrogen-bond acceptors (Lipinski definition) is 6. The van der Waals surface area contributed by atoms with Crippen LogP contribution in [0.4, 0.5) is 0 Å². The average molecular weight is 421 g/mol. The molecule has 6 nitrogen and oxygen atoms in total. The topological polar surface area (TPSA) is 70.8 Å². The molecule has 1 aliphatic rings. The molecule has 3 aromatic rings. The van der Waals surface area contributed by atoms with E-state index in [1.54, 1.807) is 32.6 Å².